The van der Waals surface area contributed by atoms with Crippen LogP contribution in [0.1, 0.15) is 29.1 Å². The maximum absolute atomic E-state index is 12.2. The van der Waals surface area contributed by atoms with Crippen LogP contribution >= 0.6 is 23.1 Å². The molecule has 0 aliphatic rings. The van der Waals surface area contributed by atoms with E-state index < -0.39 is 0 Å². The summed E-state index contributed by atoms with van der Waals surface area (Å²) in [6.45, 7) is 6.09. The van der Waals surface area contributed by atoms with Gasteiger partial charge in [0.05, 0.1) is 17.5 Å². The van der Waals surface area contributed by atoms with E-state index in [-0.39, 0.29) is 11.9 Å². The van der Waals surface area contributed by atoms with Crippen LogP contribution in [-0.2, 0) is 4.79 Å². The van der Waals surface area contributed by atoms with Crippen LogP contribution in [0, 0.1) is 13.8 Å². The van der Waals surface area contributed by atoms with Crippen molar-refractivity contribution in [1.82, 2.24) is 20.3 Å². The summed E-state index contributed by atoms with van der Waals surface area (Å²) in [5.41, 5.74) is 2.05. The van der Waals surface area contributed by atoms with Gasteiger partial charge in [0, 0.05) is 16.5 Å². The van der Waals surface area contributed by atoms with E-state index in [1.807, 2.05) is 25.1 Å². The molecule has 0 aliphatic carbocycles. The number of rotatable bonds is 5. The van der Waals surface area contributed by atoms with E-state index in [0.717, 1.165) is 20.9 Å². The summed E-state index contributed by atoms with van der Waals surface area (Å²) in [5, 5.41) is 4.90. The number of amides is 1. The van der Waals surface area contributed by atoms with Crippen molar-refractivity contribution >= 4 is 39.2 Å². The first-order valence-corrected chi connectivity index (χ1v) is 9.40. The smallest absolute Gasteiger partial charge is 0.230 e. The predicted octanol–water partition coefficient (Wildman–Crippen LogP) is 3.67. The van der Waals surface area contributed by atoms with E-state index in [1.165, 1.54) is 22.2 Å². The number of pyridine rings is 1. The molecular formula is C17H18N4OS2. The van der Waals surface area contributed by atoms with Crippen molar-refractivity contribution in [3.05, 3.63) is 46.9 Å². The Balaban J connectivity index is 1.67. The number of thioether (sulfide) groups is 1. The number of fused-ring (bicyclic) bond motifs is 1. The van der Waals surface area contributed by atoms with Crippen LogP contribution in [0.3, 0.4) is 0 Å². The molecule has 124 valence electrons. The summed E-state index contributed by atoms with van der Waals surface area (Å²) >= 11 is 3.11. The minimum Gasteiger partial charge on any atom is -0.347 e. The van der Waals surface area contributed by atoms with E-state index >= 15 is 0 Å². The van der Waals surface area contributed by atoms with Crippen LogP contribution in [-0.4, -0.2) is 26.6 Å². The van der Waals surface area contributed by atoms with Crippen molar-refractivity contribution < 1.29 is 4.79 Å². The van der Waals surface area contributed by atoms with Gasteiger partial charge in [-0.3, -0.25) is 9.78 Å². The number of thiophene rings is 1. The number of carbonyl (C=O) groups is 1. The number of carbonyl (C=O) groups excluding carboxylic acids is 1. The van der Waals surface area contributed by atoms with E-state index in [1.54, 1.807) is 23.9 Å². The van der Waals surface area contributed by atoms with Gasteiger partial charge in [0.15, 0.2) is 0 Å². The molecule has 0 aliphatic heterocycles. The first kappa shape index (κ1) is 16.9. The van der Waals surface area contributed by atoms with Crippen molar-refractivity contribution in [2.75, 3.05) is 5.75 Å². The molecule has 0 spiro atoms. The number of aromatic nitrogens is 3. The van der Waals surface area contributed by atoms with E-state index in [2.05, 4.69) is 34.1 Å². The van der Waals surface area contributed by atoms with Crippen LogP contribution < -0.4 is 5.32 Å². The minimum atomic E-state index is -0.116. The molecule has 7 heteroatoms. The lowest BCUT2D eigenvalue weighted by Gasteiger charge is -2.13. The molecular weight excluding hydrogens is 340 g/mol. The van der Waals surface area contributed by atoms with Crippen LogP contribution in [0.15, 0.2) is 35.7 Å². The highest BCUT2D eigenvalue weighted by Gasteiger charge is 2.15. The highest BCUT2D eigenvalue weighted by molar-refractivity contribution is 8.00. The molecule has 1 N–H and O–H groups in total. The zero-order valence-electron chi connectivity index (χ0n) is 13.7. The Morgan fingerprint density at radius 2 is 2.12 bits per heavy atom. The first-order chi connectivity index (χ1) is 11.6. The molecule has 3 heterocycles. The van der Waals surface area contributed by atoms with Crippen molar-refractivity contribution in [3.8, 4) is 0 Å². The van der Waals surface area contributed by atoms with Crippen LogP contribution in [0.5, 0.6) is 0 Å². The number of nitrogens with one attached hydrogen (secondary N) is 1. The van der Waals surface area contributed by atoms with Gasteiger partial charge in [0.1, 0.15) is 16.2 Å². The van der Waals surface area contributed by atoms with Crippen LogP contribution in [0.25, 0.3) is 10.2 Å². The summed E-state index contributed by atoms with van der Waals surface area (Å²) < 4.78 is 0. The second-order valence-corrected chi connectivity index (χ2v) is 7.64. The molecule has 0 fully saturated rings. The quantitative estimate of drug-likeness (QED) is 0.557. The lowest BCUT2D eigenvalue weighted by Crippen LogP contribution is -2.28. The second kappa shape index (κ2) is 7.27. The topological polar surface area (TPSA) is 67.8 Å². The van der Waals surface area contributed by atoms with Gasteiger partial charge in [0.2, 0.25) is 5.91 Å². The molecule has 3 aromatic rings. The summed E-state index contributed by atoms with van der Waals surface area (Å²) in [5.74, 6) is 0.284. The third-order valence-electron chi connectivity index (χ3n) is 3.78. The number of nitrogens with zero attached hydrogens (tertiary/aromatic N) is 3. The van der Waals surface area contributed by atoms with Crippen LogP contribution in [0.4, 0.5) is 0 Å². The van der Waals surface area contributed by atoms with Gasteiger partial charge in [0.25, 0.3) is 0 Å². The zero-order chi connectivity index (χ0) is 17.1. The molecule has 0 saturated heterocycles. The Morgan fingerprint density at radius 3 is 2.88 bits per heavy atom. The fraction of sp³-hybridized carbons (Fsp3) is 0.294. The van der Waals surface area contributed by atoms with Gasteiger partial charge in [-0.1, -0.05) is 17.8 Å². The highest BCUT2D eigenvalue weighted by Crippen LogP contribution is 2.34. The average molecular weight is 358 g/mol. The molecule has 1 amide bonds. The van der Waals surface area contributed by atoms with Crippen molar-refractivity contribution in [2.24, 2.45) is 0 Å². The average Bonchev–Trinajstić information content (AvgIpc) is 2.89. The molecule has 1 atom stereocenters. The fourth-order valence-corrected chi connectivity index (χ4v) is 4.31. The lowest BCUT2D eigenvalue weighted by molar-refractivity contribution is -0.119. The Hall–Kier alpha value is -1.99. The number of hydrogen-bond acceptors (Lipinski definition) is 6. The van der Waals surface area contributed by atoms with E-state index in [0.29, 0.717) is 5.75 Å². The maximum atomic E-state index is 12.2. The Kier molecular flexibility index (Phi) is 5.11. The standard InChI is InChI=1S/C17H18N4OS2/c1-10-12(3)24-17-15(10)16(19-9-20-17)23-8-14(22)21-11(2)13-6-4-5-7-18-13/h4-7,9,11H,8H2,1-3H3,(H,21,22). The molecule has 3 rings (SSSR count). The summed E-state index contributed by atoms with van der Waals surface area (Å²) in [6.07, 6.45) is 3.29. The normalized spacial score (nSPS) is 12.3. The fourth-order valence-electron chi connectivity index (χ4n) is 2.38. The Labute approximate surface area is 148 Å². The van der Waals surface area contributed by atoms with Gasteiger partial charge in [-0.25, -0.2) is 9.97 Å². The second-order valence-electron chi connectivity index (χ2n) is 5.47. The van der Waals surface area contributed by atoms with E-state index in [4.69, 9.17) is 0 Å². The van der Waals surface area contributed by atoms with Crippen LogP contribution in [0.2, 0.25) is 0 Å². The summed E-state index contributed by atoms with van der Waals surface area (Å²) in [6, 6.07) is 5.57. The monoisotopic (exact) mass is 358 g/mol. The SMILES string of the molecule is Cc1sc2ncnc(SCC(=O)NC(C)c3ccccn3)c2c1C. The molecule has 5 nitrogen and oxygen atoms in total. The first-order valence-electron chi connectivity index (χ1n) is 7.60. The Morgan fingerprint density at radius 1 is 1.29 bits per heavy atom. The molecule has 0 saturated carbocycles. The van der Waals surface area contributed by atoms with Crippen molar-refractivity contribution in [3.63, 3.8) is 0 Å². The lowest BCUT2D eigenvalue weighted by atomic mass is 10.2. The summed E-state index contributed by atoms with van der Waals surface area (Å²) in [4.78, 5) is 27.4. The highest BCUT2D eigenvalue weighted by atomic mass is 32.2. The maximum Gasteiger partial charge on any atom is 0.230 e. The Bertz CT molecular complexity index is 864. The molecule has 0 bridgehead atoms. The number of hydrogen-bond donors (Lipinski definition) is 1. The van der Waals surface area contributed by atoms with Gasteiger partial charge in [-0.2, -0.15) is 0 Å². The van der Waals surface area contributed by atoms with E-state index in [9.17, 15) is 4.79 Å². The third kappa shape index (κ3) is 3.57. The molecule has 0 radical (unpaired) electrons. The van der Waals surface area contributed by atoms with Gasteiger partial charge >= 0.3 is 0 Å². The van der Waals surface area contributed by atoms with Gasteiger partial charge in [-0.15, -0.1) is 11.3 Å². The minimum absolute atomic E-state index is 0.0329. The number of aryl methyl sites for hydroxylation is 2. The predicted molar refractivity (Wildman–Crippen MR) is 98.4 cm³/mol. The van der Waals surface area contributed by atoms with Crippen molar-refractivity contribution in [2.45, 2.75) is 31.8 Å². The largest absolute Gasteiger partial charge is 0.347 e. The van der Waals surface area contributed by atoms with Gasteiger partial charge < -0.3 is 5.32 Å². The molecule has 3 aromatic heterocycles. The molecule has 1 unspecified atom stereocenters. The zero-order valence-corrected chi connectivity index (χ0v) is 15.4. The molecule has 0 aromatic carbocycles. The van der Waals surface area contributed by atoms with Crippen molar-refractivity contribution in [1.29, 1.82) is 0 Å². The summed E-state index contributed by atoms with van der Waals surface area (Å²) in [7, 11) is 0. The third-order valence-corrected chi connectivity index (χ3v) is 5.88. The molecule has 24 heavy (non-hydrogen) atoms. The van der Waals surface area contributed by atoms with Gasteiger partial charge in [-0.05, 0) is 38.5 Å².